The molecule has 14 rings (SSSR count). The van der Waals surface area contributed by atoms with Crippen LogP contribution in [-0.2, 0) is 47.5 Å². The number of amides is 1. The van der Waals surface area contributed by atoms with Gasteiger partial charge in [-0.1, -0.05) is 86.4 Å². The largest absolute Gasteiger partial charge is 0.461 e. The summed E-state index contributed by atoms with van der Waals surface area (Å²) in [4.78, 5) is 88.2. The lowest BCUT2D eigenvalue weighted by molar-refractivity contribution is -0.202. The van der Waals surface area contributed by atoms with Crippen molar-refractivity contribution in [2.45, 2.75) is 235 Å². The van der Waals surface area contributed by atoms with E-state index >= 15 is 0 Å². The summed E-state index contributed by atoms with van der Waals surface area (Å²) in [6, 6.07) is 0.0453. The number of esters is 1. The van der Waals surface area contributed by atoms with Gasteiger partial charge in [0.25, 0.3) is 0 Å². The molecule has 0 aromatic carbocycles. The average Bonchev–Trinajstić information content (AvgIpc) is 1.59. The van der Waals surface area contributed by atoms with Gasteiger partial charge in [0.2, 0.25) is 23.8 Å². The zero-order valence-electron chi connectivity index (χ0n) is 53.6. The van der Waals surface area contributed by atoms with E-state index in [9.17, 15) is 44.4 Å². The Morgan fingerprint density at radius 2 is 0.905 bits per heavy atom. The number of nitrogens with two attached hydrogens (primary N) is 3. The van der Waals surface area contributed by atoms with E-state index < -0.39 is 109 Å². The number of aliphatic hydroxyl groups is 4. The standard InChI is InChI=1S/C25H36N6O7S.C18H25N5O5S.C15H21N5O5S.B/c1-11(2)15(27-12(3)32)22(33)35-10-14-16-17(38-25(4,5)37-16)21(36-14)31-20-18(39-24(31)34)19(29-23(26)30-20)28-13-8-6-7-9-13;1-18(2)27-10-9(7-24)26-15(11(10)28-18)23-14-12(29-17(23)25)13(21-16(19)22-14)20-8-5-3-4-6-8;16-14-18-11(17-6-3-1-2-4-6)10-12(19-14)20(15(24)26-10)13-9(23)8(22)7(5-21)25-13;/h11,13-17,21H,6-10H2,1-5H3,(H,27,32)(H3,26,28,29,30);8-11,15,24H,3-7H2,1-2H3,(H3,19,20,21,22);6-9,13,21-23H,1-5H2,(H3,16,17,18,19);/t14-,15+,16-,17-,21-;9-,10-,11-,15-;7-,8-,9-,13-;/m111./s1. The number of nitrogen functional groups attached to an aromatic ring is 3. The van der Waals surface area contributed by atoms with Crippen LogP contribution in [0, 0.1) is 5.92 Å². The smallest absolute Gasteiger partial charge is 0.328 e. The highest BCUT2D eigenvalue weighted by Gasteiger charge is 2.58. The number of fused-ring (bicyclic) bond motifs is 5. The quantitative estimate of drug-likeness (QED) is 0.0488. The number of anilines is 6. The van der Waals surface area contributed by atoms with Crippen molar-refractivity contribution in [1.29, 1.82) is 0 Å². The van der Waals surface area contributed by atoms with Gasteiger partial charge in [0, 0.05) is 33.5 Å². The molecule has 0 spiro atoms. The molecule has 13 atom stereocenters. The monoisotopic (exact) mass is 1380 g/mol. The van der Waals surface area contributed by atoms with Gasteiger partial charge in [-0.05, 0) is 72.1 Å². The van der Waals surface area contributed by atoms with Gasteiger partial charge in [0.1, 0.15) is 81.7 Å². The number of ether oxygens (including phenoxy) is 8. The molecule has 517 valence electrons. The van der Waals surface area contributed by atoms with E-state index in [0.717, 1.165) is 98.2 Å². The fourth-order valence-electron chi connectivity index (χ4n) is 13.6. The van der Waals surface area contributed by atoms with Crippen molar-refractivity contribution in [3.05, 3.63) is 29.0 Å². The minimum Gasteiger partial charge on any atom is -0.461 e. The molecule has 11 heterocycles. The Labute approximate surface area is 557 Å². The minimum atomic E-state index is -1.37. The van der Waals surface area contributed by atoms with Gasteiger partial charge >= 0.3 is 20.6 Å². The molecule has 8 fully saturated rings. The maximum absolute atomic E-state index is 13.4. The highest BCUT2D eigenvalue weighted by atomic mass is 32.1. The van der Waals surface area contributed by atoms with Crippen molar-refractivity contribution in [3.8, 4) is 0 Å². The van der Waals surface area contributed by atoms with Gasteiger partial charge in [0.15, 0.2) is 64.7 Å². The second-order valence-electron chi connectivity index (χ2n) is 26.1. The third kappa shape index (κ3) is 14.4. The van der Waals surface area contributed by atoms with Crippen LogP contribution < -0.4 is 53.1 Å². The topological polar surface area (TPSA) is 458 Å². The van der Waals surface area contributed by atoms with Crippen molar-refractivity contribution in [1.82, 2.24) is 48.9 Å². The highest BCUT2D eigenvalue weighted by molar-refractivity contribution is 7.17. The number of carbonyl (C=O) groups is 2. The van der Waals surface area contributed by atoms with E-state index in [1.807, 2.05) is 13.8 Å². The summed E-state index contributed by atoms with van der Waals surface area (Å²) in [5.41, 5.74) is 18.8. The first-order valence-electron chi connectivity index (χ1n) is 31.8. The number of hydrogen-bond donors (Lipinski definition) is 11. The summed E-state index contributed by atoms with van der Waals surface area (Å²) in [6.07, 6.45) is 3.03. The van der Waals surface area contributed by atoms with Gasteiger partial charge in [0.05, 0.1) is 13.2 Å². The van der Waals surface area contributed by atoms with Gasteiger partial charge in [-0.25, -0.2) is 4.79 Å². The summed E-state index contributed by atoms with van der Waals surface area (Å²) < 4.78 is 53.3. The zero-order chi connectivity index (χ0) is 66.8. The molecule has 1 amide bonds. The average molecular weight is 1380 g/mol. The summed E-state index contributed by atoms with van der Waals surface area (Å²) in [7, 11) is 0. The van der Waals surface area contributed by atoms with Gasteiger partial charge in [-0.15, -0.1) is 0 Å². The molecule has 6 aromatic heterocycles. The van der Waals surface area contributed by atoms with E-state index in [4.69, 9.17) is 55.1 Å². The fourth-order valence-corrected chi connectivity index (χ4v) is 16.3. The SMILES string of the molecule is CC(=O)N[C@H](C(=O)OC[C@H]1O[C@@H](n2c(=O)sc3c(NC4CCCC4)nc(N)nc32)[C@@H]2OC(C)(C)O[C@@H]21)C(C)C.CC1(C)O[C@@H]2[C@H](O1)[C@@H](CO)O[C@H]2n1c(=O)sc2c(NC3CCCC3)nc(N)nc21.Nc1nc(NC2CCCC2)c2sc(=O)n([C@@H]3O[C@H](CO)[C@@H](O)[C@H]3O)c2n1.[B]. The van der Waals surface area contributed by atoms with Crippen LogP contribution in [0.25, 0.3) is 31.0 Å². The molecule has 14 N–H and O–H groups in total. The third-order valence-corrected chi connectivity index (χ3v) is 20.8. The van der Waals surface area contributed by atoms with Crippen LogP contribution in [0.2, 0.25) is 0 Å². The molecule has 8 aliphatic rings. The van der Waals surface area contributed by atoms with Gasteiger partial charge in [-0.2, -0.15) is 29.9 Å². The molecule has 3 radical (unpaired) electrons. The van der Waals surface area contributed by atoms with Crippen LogP contribution in [0.1, 0.15) is 144 Å². The van der Waals surface area contributed by atoms with E-state index in [-0.39, 0.29) is 78.8 Å². The molecular weight excluding hydrogens is 1300 g/mol. The highest BCUT2D eigenvalue weighted by Crippen LogP contribution is 2.46. The summed E-state index contributed by atoms with van der Waals surface area (Å²) >= 11 is 2.99. The lowest BCUT2D eigenvalue weighted by Crippen LogP contribution is -2.45. The molecule has 3 saturated carbocycles. The van der Waals surface area contributed by atoms with Crippen molar-refractivity contribution >= 4 is 121 Å². The Morgan fingerprint density at radius 3 is 1.26 bits per heavy atom. The number of nitrogens with zero attached hydrogens (tertiary/aromatic N) is 9. The van der Waals surface area contributed by atoms with E-state index in [1.165, 1.54) is 33.5 Å². The van der Waals surface area contributed by atoms with Gasteiger partial charge < -0.3 is 96.8 Å². The normalized spacial score (nSPS) is 28.9. The molecule has 37 heteroatoms. The molecule has 3 aliphatic carbocycles. The molecule has 0 unspecified atom stereocenters. The number of aliphatic hydroxyl groups excluding tert-OH is 4. The number of rotatable bonds is 16. The molecule has 95 heavy (non-hydrogen) atoms. The minimum absolute atomic E-state index is 0. The summed E-state index contributed by atoms with van der Waals surface area (Å²) in [5.74, 6) is -1.14. The molecule has 33 nitrogen and oxygen atoms in total. The summed E-state index contributed by atoms with van der Waals surface area (Å²) in [6.45, 7) is 11.3. The third-order valence-electron chi connectivity index (χ3n) is 17.9. The lowest BCUT2D eigenvalue weighted by Gasteiger charge is -2.25. The molecule has 5 aliphatic heterocycles. The first-order chi connectivity index (χ1) is 44.8. The summed E-state index contributed by atoms with van der Waals surface area (Å²) in [5, 5.41) is 52.0. The van der Waals surface area contributed by atoms with Crippen LogP contribution >= 0.6 is 34.0 Å². The second-order valence-corrected chi connectivity index (χ2v) is 28.9. The number of carbonyl (C=O) groups excluding carboxylic acids is 2. The molecule has 0 bridgehead atoms. The number of nitrogens with one attached hydrogen (secondary N) is 4. The Hall–Kier alpha value is -6.33. The van der Waals surface area contributed by atoms with E-state index in [2.05, 4.69) is 51.2 Å². The number of thiazole rings is 3. The first kappa shape index (κ1) is 70.0. The van der Waals surface area contributed by atoms with Crippen molar-refractivity contribution < 1.29 is 67.9 Å². The molecule has 5 saturated heterocycles. The zero-order valence-corrected chi connectivity index (χ0v) is 56.0. The van der Waals surface area contributed by atoms with Crippen molar-refractivity contribution in [3.63, 3.8) is 0 Å². The number of aromatic nitrogens is 9. The Kier molecular flexibility index (Phi) is 20.8. The fraction of sp³-hybridized carbons (Fsp3) is 0.707. The molecular formula is C58H82BN16O17S3. The maximum Gasteiger partial charge on any atom is 0.328 e. The Morgan fingerprint density at radius 1 is 0.558 bits per heavy atom. The Bertz CT molecular complexity index is 3940. The molecule has 6 aromatic rings. The van der Waals surface area contributed by atoms with Crippen LogP contribution in [0.5, 0.6) is 0 Å². The van der Waals surface area contributed by atoms with Crippen LogP contribution in [0.3, 0.4) is 0 Å². The number of hydrogen-bond acceptors (Lipinski definition) is 32. The predicted octanol–water partition coefficient (Wildman–Crippen LogP) is 2.13. The van der Waals surface area contributed by atoms with Crippen molar-refractivity contribution in [2.24, 2.45) is 5.92 Å². The van der Waals surface area contributed by atoms with E-state index in [0.29, 0.717) is 48.9 Å². The van der Waals surface area contributed by atoms with Crippen LogP contribution in [-0.4, -0.2) is 195 Å². The van der Waals surface area contributed by atoms with Gasteiger partial charge in [-0.3, -0.25) is 32.9 Å². The lowest BCUT2D eigenvalue weighted by atomic mass is 10.0. The van der Waals surface area contributed by atoms with Crippen LogP contribution in [0.15, 0.2) is 14.4 Å². The maximum atomic E-state index is 13.4. The second kappa shape index (κ2) is 28.3. The van der Waals surface area contributed by atoms with Crippen LogP contribution in [0.4, 0.5) is 35.3 Å². The Balaban J connectivity index is 0.000000148. The van der Waals surface area contributed by atoms with Crippen molar-refractivity contribution in [2.75, 3.05) is 53.0 Å². The first-order valence-corrected chi connectivity index (χ1v) is 34.3. The predicted molar refractivity (Wildman–Crippen MR) is 351 cm³/mol. The van der Waals surface area contributed by atoms with E-state index in [1.54, 1.807) is 27.7 Å².